The quantitative estimate of drug-likeness (QED) is 0.849. The van der Waals surface area contributed by atoms with E-state index in [9.17, 15) is 0 Å². The zero-order valence-corrected chi connectivity index (χ0v) is 12.1. The van der Waals surface area contributed by atoms with Gasteiger partial charge in [0.05, 0.1) is 11.0 Å². The number of likely N-dealkylation sites (tertiary alicyclic amines) is 1. The number of hydrogen-bond donors (Lipinski definition) is 1. The molecule has 1 aromatic carbocycles. The maximum absolute atomic E-state index is 5.86. The second-order valence-corrected chi connectivity index (χ2v) is 5.85. The first-order chi connectivity index (χ1) is 8.56. The SMILES string of the molecule is Cc1cc(C)cc(CN2CCCCC2C(N)=S)c1. The van der Waals surface area contributed by atoms with Gasteiger partial charge in [-0.3, -0.25) is 4.90 Å². The zero-order valence-electron chi connectivity index (χ0n) is 11.3. The highest BCUT2D eigenvalue weighted by Crippen LogP contribution is 2.21. The molecule has 0 saturated carbocycles. The molecule has 1 aromatic rings. The van der Waals surface area contributed by atoms with Crippen LogP contribution < -0.4 is 5.73 Å². The molecule has 0 amide bonds. The number of aryl methyl sites for hydroxylation is 2. The van der Waals surface area contributed by atoms with Gasteiger partial charge in [-0.2, -0.15) is 0 Å². The van der Waals surface area contributed by atoms with Gasteiger partial charge in [-0.1, -0.05) is 48.0 Å². The predicted molar refractivity (Wildman–Crippen MR) is 80.8 cm³/mol. The summed E-state index contributed by atoms with van der Waals surface area (Å²) in [4.78, 5) is 3.08. The molecular formula is C15H22N2S. The van der Waals surface area contributed by atoms with Crippen LogP contribution in [0.25, 0.3) is 0 Å². The van der Waals surface area contributed by atoms with Crippen molar-refractivity contribution >= 4 is 17.2 Å². The Bertz CT molecular complexity index is 422. The van der Waals surface area contributed by atoms with Gasteiger partial charge < -0.3 is 5.73 Å². The van der Waals surface area contributed by atoms with E-state index < -0.39 is 0 Å². The molecule has 0 aromatic heterocycles. The number of thiocarbonyl (C=S) groups is 1. The molecule has 1 saturated heterocycles. The summed E-state index contributed by atoms with van der Waals surface area (Å²) < 4.78 is 0. The lowest BCUT2D eigenvalue weighted by molar-refractivity contribution is 0.184. The van der Waals surface area contributed by atoms with Gasteiger partial charge in [0.25, 0.3) is 0 Å². The van der Waals surface area contributed by atoms with Gasteiger partial charge in [-0.25, -0.2) is 0 Å². The average molecular weight is 262 g/mol. The molecule has 0 aliphatic carbocycles. The smallest absolute Gasteiger partial charge is 0.0902 e. The lowest BCUT2D eigenvalue weighted by Crippen LogP contribution is -2.46. The van der Waals surface area contributed by atoms with E-state index in [4.69, 9.17) is 18.0 Å². The summed E-state index contributed by atoms with van der Waals surface area (Å²) in [5, 5.41) is 0. The molecule has 1 heterocycles. The van der Waals surface area contributed by atoms with Gasteiger partial charge in [-0.15, -0.1) is 0 Å². The molecule has 2 rings (SSSR count). The van der Waals surface area contributed by atoms with Crippen LogP contribution in [0.4, 0.5) is 0 Å². The first-order valence-corrected chi connectivity index (χ1v) is 7.07. The summed E-state index contributed by atoms with van der Waals surface area (Å²) >= 11 is 5.20. The maximum atomic E-state index is 5.86. The van der Waals surface area contributed by atoms with Crippen LogP contribution in [0.5, 0.6) is 0 Å². The topological polar surface area (TPSA) is 29.3 Å². The van der Waals surface area contributed by atoms with Gasteiger partial charge in [0.2, 0.25) is 0 Å². The number of rotatable bonds is 3. The highest BCUT2D eigenvalue weighted by atomic mass is 32.1. The summed E-state index contributed by atoms with van der Waals surface area (Å²) in [7, 11) is 0. The average Bonchev–Trinajstić information content (AvgIpc) is 2.27. The van der Waals surface area contributed by atoms with Gasteiger partial charge in [0.15, 0.2) is 0 Å². The number of nitrogens with zero attached hydrogens (tertiary/aromatic N) is 1. The summed E-state index contributed by atoms with van der Waals surface area (Å²) in [6.07, 6.45) is 3.61. The van der Waals surface area contributed by atoms with Crippen LogP contribution in [0.1, 0.15) is 36.0 Å². The lowest BCUT2D eigenvalue weighted by atomic mass is 10.00. The Labute approximate surface area is 115 Å². The minimum atomic E-state index is 0.287. The Balaban J connectivity index is 2.13. The molecule has 2 N–H and O–H groups in total. The summed E-state index contributed by atoms with van der Waals surface area (Å²) in [5.41, 5.74) is 9.89. The Kier molecular flexibility index (Phi) is 4.36. The fraction of sp³-hybridized carbons (Fsp3) is 0.533. The third-order valence-electron chi connectivity index (χ3n) is 3.61. The van der Waals surface area contributed by atoms with Crippen molar-refractivity contribution in [1.82, 2.24) is 4.90 Å². The maximum Gasteiger partial charge on any atom is 0.0902 e. The molecule has 3 heteroatoms. The van der Waals surface area contributed by atoms with Crippen molar-refractivity contribution in [2.24, 2.45) is 5.73 Å². The van der Waals surface area contributed by atoms with Crippen molar-refractivity contribution in [3.05, 3.63) is 34.9 Å². The van der Waals surface area contributed by atoms with Crippen LogP contribution >= 0.6 is 12.2 Å². The van der Waals surface area contributed by atoms with Crippen LogP contribution in [-0.4, -0.2) is 22.5 Å². The molecule has 1 aliphatic rings. The van der Waals surface area contributed by atoms with Crippen molar-refractivity contribution in [2.45, 2.75) is 45.7 Å². The van der Waals surface area contributed by atoms with Gasteiger partial charge in [-0.05, 0) is 38.8 Å². The van der Waals surface area contributed by atoms with Crippen molar-refractivity contribution < 1.29 is 0 Å². The molecule has 0 bridgehead atoms. The largest absolute Gasteiger partial charge is 0.392 e. The van der Waals surface area contributed by atoms with E-state index in [-0.39, 0.29) is 6.04 Å². The molecule has 1 aliphatic heterocycles. The minimum Gasteiger partial charge on any atom is -0.392 e. The number of benzene rings is 1. The van der Waals surface area contributed by atoms with E-state index in [0.717, 1.165) is 19.5 Å². The number of nitrogens with two attached hydrogens (primary N) is 1. The van der Waals surface area contributed by atoms with Crippen molar-refractivity contribution in [1.29, 1.82) is 0 Å². The van der Waals surface area contributed by atoms with Crippen LogP contribution in [0.15, 0.2) is 18.2 Å². The molecular weight excluding hydrogens is 240 g/mol. The highest BCUT2D eigenvalue weighted by Gasteiger charge is 2.24. The summed E-state index contributed by atoms with van der Waals surface area (Å²) in [5.74, 6) is 0. The molecule has 18 heavy (non-hydrogen) atoms. The number of hydrogen-bond acceptors (Lipinski definition) is 2. The number of piperidine rings is 1. The summed E-state index contributed by atoms with van der Waals surface area (Å²) in [6, 6.07) is 7.02. The van der Waals surface area contributed by atoms with Crippen LogP contribution in [0.2, 0.25) is 0 Å². The Morgan fingerprint density at radius 2 is 1.94 bits per heavy atom. The third-order valence-corrected chi connectivity index (χ3v) is 3.88. The summed E-state index contributed by atoms with van der Waals surface area (Å²) in [6.45, 7) is 6.37. The van der Waals surface area contributed by atoms with E-state index in [1.807, 2.05) is 0 Å². The van der Waals surface area contributed by atoms with Gasteiger partial charge in [0.1, 0.15) is 0 Å². The van der Waals surface area contributed by atoms with Gasteiger partial charge in [0, 0.05) is 6.54 Å². The predicted octanol–water partition coefficient (Wildman–Crippen LogP) is 2.94. The van der Waals surface area contributed by atoms with E-state index in [0.29, 0.717) is 4.99 Å². The second-order valence-electron chi connectivity index (χ2n) is 5.38. The zero-order chi connectivity index (χ0) is 13.1. The minimum absolute atomic E-state index is 0.287. The van der Waals surface area contributed by atoms with Crippen molar-refractivity contribution in [3.63, 3.8) is 0 Å². The molecule has 0 radical (unpaired) electrons. The molecule has 1 unspecified atom stereocenters. The molecule has 2 nitrogen and oxygen atoms in total. The molecule has 0 spiro atoms. The first-order valence-electron chi connectivity index (χ1n) is 6.67. The van der Waals surface area contributed by atoms with Crippen molar-refractivity contribution in [2.75, 3.05) is 6.54 Å². The van der Waals surface area contributed by atoms with E-state index >= 15 is 0 Å². The second kappa shape index (κ2) is 5.81. The molecule has 98 valence electrons. The Morgan fingerprint density at radius 3 is 2.56 bits per heavy atom. The normalized spacial score (nSPS) is 20.9. The first kappa shape index (κ1) is 13.5. The van der Waals surface area contributed by atoms with Gasteiger partial charge >= 0.3 is 0 Å². The lowest BCUT2D eigenvalue weighted by Gasteiger charge is -2.35. The fourth-order valence-electron chi connectivity index (χ4n) is 2.90. The molecule has 1 fully saturated rings. The third kappa shape index (κ3) is 3.30. The van der Waals surface area contributed by atoms with E-state index in [2.05, 4.69) is 36.9 Å². The fourth-order valence-corrected chi connectivity index (χ4v) is 3.16. The van der Waals surface area contributed by atoms with E-state index in [1.54, 1.807) is 0 Å². The highest BCUT2D eigenvalue weighted by molar-refractivity contribution is 7.80. The Hall–Kier alpha value is -0.930. The van der Waals surface area contributed by atoms with Crippen LogP contribution in [0.3, 0.4) is 0 Å². The van der Waals surface area contributed by atoms with Crippen molar-refractivity contribution in [3.8, 4) is 0 Å². The van der Waals surface area contributed by atoms with Crippen LogP contribution in [0, 0.1) is 13.8 Å². The van der Waals surface area contributed by atoms with Crippen LogP contribution in [-0.2, 0) is 6.54 Å². The monoisotopic (exact) mass is 262 g/mol. The standard InChI is InChI=1S/C15H22N2S/c1-11-7-12(2)9-13(8-11)10-17-6-4-3-5-14(17)15(16)18/h7-9,14H,3-6,10H2,1-2H3,(H2,16,18). The molecule has 1 atom stereocenters. The van der Waals surface area contributed by atoms with E-state index in [1.165, 1.54) is 29.5 Å². The Morgan fingerprint density at radius 1 is 1.28 bits per heavy atom.